The molecule has 3 aromatic rings. The second-order valence-corrected chi connectivity index (χ2v) is 9.74. The van der Waals surface area contributed by atoms with Crippen LogP contribution in [0, 0.1) is 0 Å². The highest BCUT2D eigenvalue weighted by Gasteiger charge is 2.28. The molecule has 11 heteroatoms. The lowest BCUT2D eigenvalue weighted by Gasteiger charge is -2.35. The van der Waals surface area contributed by atoms with Crippen LogP contribution in [0.5, 0.6) is 5.75 Å². The lowest BCUT2D eigenvalue weighted by atomic mass is 10.2. The number of nitrogens with zero attached hydrogens (tertiary/aromatic N) is 4. The molecule has 33 heavy (non-hydrogen) atoms. The zero-order chi connectivity index (χ0) is 23.4. The fourth-order valence-electron chi connectivity index (χ4n) is 3.61. The molecule has 0 unspecified atom stereocenters. The van der Waals surface area contributed by atoms with Crippen LogP contribution in [0.1, 0.15) is 5.56 Å². The predicted octanol–water partition coefficient (Wildman–Crippen LogP) is 2.05. The number of halogens is 1. The van der Waals surface area contributed by atoms with Gasteiger partial charge < -0.3 is 9.64 Å². The van der Waals surface area contributed by atoms with E-state index in [0.29, 0.717) is 29.5 Å². The first-order chi connectivity index (χ1) is 15.9. The molecule has 1 fully saturated rings. The number of piperazine rings is 1. The Morgan fingerprint density at radius 1 is 1.06 bits per heavy atom. The molecular weight excluding hydrogens is 466 g/mol. The normalized spacial score (nSPS) is 14.9. The van der Waals surface area contributed by atoms with Crippen molar-refractivity contribution in [3.63, 3.8) is 0 Å². The van der Waals surface area contributed by atoms with Crippen molar-refractivity contribution in [2.75, 3.05) is 38.1 Å². The van der Waals surface area contributed by atoms with Crippen molar-refractivity contribution < 1.29 is 13.2 Å². The van der Waals surface area contributed by atoms with Crippen LogP contribution in [0.15, 0.2) is 65.6 Å². The van der Waals surface area contributed by atoms with Gasteiger partial charge in [0, 0.05) is 38.2 Å². The Morgan fingerprint density at radius 2 is 1.79 bits per heavy atom. The Morgan fingerprint density at radius 3 is 2.45 bits per heavy atom. The van der Waals surface area contributed by atoms with Gasteiger partial charge in [-0.05, 0) is 23.8 Å². The van der Waals surface area contributed by atoms with E-state index in [4.69, 9.17) is 16.3 Å². The van der Waals surface area contributed by atoms with Gasteiger partial charge in [-0.3, -0.25) is 4.79 Å². The summed E-state index contributed by atoms with van der Waals surface area (Å²) in [6.07, 6.45) is 1.57. The van der Waals surface area contributed by atoms with E-state index in [2.05, 4.69) is 9.82 Å². The van der Waals surface area contributed by atoms with Gasteiger partial charge in [0.2, 0.25) is 5.75 Å². The molecule has 2 aromatic carbocycles. The maximum Gasteiger partial charge on any atom is 0.316 e. The molecule has 1 aliphatic heterocycles. The van der Waals surface area contributed by atoms with Crippen LogP contribution in [0.3, 0.4) is 0 Å². The highest BCUT2D eigenvalue weighted by molar-refractivity contribution is 7.87. The Hall–Kier alpha value is -2.92. The van der Waals surface area contributed by atoms with E-state index in [-0.39, 0.29) is 25.4 Å². The number of ether oxygens (including phenoxy) is 1. The molecule has 0 spiro atoms. The summed E-state index contributed by atoms with van der Waals surface area (Å²) in [6, 6.07) is 16.4. The summed E-state index contributed by atoms with van der Waals surface area (Å²) in [5.74, 6) is 0.152. The third-order valence-corrected chi connectivity index (χ3v) is 7.17. The predicted molar refractivity (Wildman–Crippen MR) is 127 cm³/mol. The van der Waals surface area contributed by atoms with Crippen molar-refractivity contribution in [3.05, 3.63) is 81.7 Å². The minimum atomic E-state index is -3.51. The van der Waals surface area contributed by atoms with Crippen LogP contribution in [0.4, 0.5) is 5.69 Å². The third-order valence-electron chi connectivity index (χ3n) is 5.37. The van der Waals surface area contributed by atoms with Crippen LogP contribution >= 0.6 is 11.6 Å². The molecule has 0 amide bonds. The molecule has 1 aliphatic rings. The van der Waals surface area contributed by atoms with E-state index >= 15 is 0 Å². The number of rotatable bonds is 7. The van der Waals surface area contributed by atoms with Gasteiger partial charge in [-0.25, -0.2) is 4.72 Å². The van der Waals surface area contributed by atoms with Crippen molar-refractivity contribution in [1.29, 1.82) is 0 Å². The van der Waals surface area contributed by atoms with Crippen LogP contribution in [-0.4, -0.2) is 55.7 Å². The van der Waals surface area contributed by atoms with Gasteiger partial charge in [0.15, 0.2) is 0 Å². The summed E-state index contributed by atoms with van der Waals surface area (Å²) in [4.78, 5) is 15.3. The fraction of sp³-hybridized carbons (Fsp3) is 0.273. The summed E-state index contributed by atoms with van der Waals surface area (Å²) in [5.41, 5.74) is 1.54. The molecule has 0 saturated carbocycles. The van der Waals surface area contributed by atoms with Crippen molar-refractivity contribution in [2.24, 2.45) is 0 Å². The van der Waals surface area contributed by atoms with Gasteiger partial charge in [0.25, 0.3) is 10.2 Å². The topological polar surface area (TPSA) is 96.8 Å². The number of nitrogens with one attached hydrogen (secondary N) is 1. The van der Waals surface area contributed by atoms with Crippen LogP contribution in [0.25, 0.3) is 5.69 Å². The largest absolute Gasteiger partial charge is 0.481 e. The minimum absolute atomic E-state index is 0.152. The molecule has 1 saturated heterocycles. The molecule has 2 heterocycles. The van der Waals surface area contributed by atoms with Gasteiger partial charge in [-0.1, -0.05) is 48.0 Å². The van der Waals surface area contributed by atoms with Gasteiger partial charge >= 0.3 is 5.56 Å². The van der Waals surface area contributed by atoms with E-state index < -0.39 is 15.8 Å². The van der Waals surface area contributed by atoms with Crippen molar-refractivity contribution in [3.8, 4) is 11.4 Å². The smallest absolute Gasteiger partial charge is 0.316 e. The summed E-state index contributed by atoms with van der Waals surface area (Å²) in [5, 5.41) is 4.83. The maximum absolute atomic E-state index is 13.4. The highest BCUT2D eigenvalue weighted by Crippen LogP contribution is 2.27. The number of aromatic nitrogens is 2. The summed E-state index contributed by atoms with van der Waals surface area (Å²) >= 11 is 6.10. The highest BCUT2D eigenvalue weighted by atomic mass is 35.5. The van der Waals surface area contributed by atoms with Gasteiger partial charge in [-0.15, -0.1) is 0 Å². The molecule has 4 rings (SSSR count). The van der Waals surface area contributed by atoms with E-state index in [1.54, 1.807) is 30.5 Å². The average Bonchev–Trinajstić information content (AvgIpc) is 2.84. The minimum Gasteiger partial charge on any atom is -0.481 e. The van der Waals surface area contributed by atoms with E-state index in [1.807, 2.05) is 35.2 Å². The van der Waals surface area contributed by atoms with Gasteiger partial charge in [0.1, 0.15) is 12.3 Å². The van der Waals surface area contributed by atoms with E-state index in [1.165, 1.54) is 16.0 Å². The monoisotopic (exact) mass is 489 g/mol. The zero-order valence-electron chi connectivity index (χ0n) is 18.0. The molecule has 0 atom stereocenters. The van der Waals surface area contributed by atoms with E-state index in [0.717, 1.165) is 5.56 Å². The van der Waals surface area contributed by atoms with Gasteiger partial charge in [0.05, 0.1) is 11.9 Å². The second kappa shape index (κ2) is 9.92. The summed E-state index contributed by atoms with van der Waals surface area (Å²) in [6.45, 7) is 1.55. The standard InChI is InChI=1S/C22H24ClN5O4S/c1-24-33(30,31)27-12-10-26(11-13-27)20-15-25-28(19-9-5-8-18(23)14-19)22(29)21(20)32-16-17-6-3-2-4-7-17/h2-9,14-15,24H,10-13,16H2,1H3. The number of hydrogen-bond acceptors (Lipinski definition) is 6. The third kappa shape index (κ3) is 5.19. The number of anilines is 1. The second-order valence-electron chi connectivity index (χ2n) is 7.43. The van der Waals surface area contributed by atoms with Crippen molar-refractivity contribution >= 4 is 27.5 Å². The quantitative estimate of drug-likeness (QED) is 0.545. The van der Waals surface area contributed by atoms with Crippen LogP contribution in [0.2, 0.25) is 5.02 Å². The molecule has 1 N–H and O–H groups in total. The Labute approximate surface area is 197 Å². The van der Waals surface area contributed by atoms with Gasteiger partial charge in [-0.2, -0.15) is 22.5 Å². The average molecular weight is 490 g/mol. The molecule has 9 nitrogen and oxygen atoms in total. The van der Waals surface area contributed by atoms with Crippen LogP contribution < -0.4 is 19.9 Å². The molecule has 0 radical (unpaired) electrons. The summed E-state index contributed by atoms with van der Waals surface area (Å²) in [7, 11) is -2.12. The van der Waals surface area contributed by atoms with E-state index in [9.17, 15) is 13.2 Å². The zero-order valence-corrected chi connectivity index (χ0v) is 19.6. The molecular formula is C22H24ClN5O4S. The maximum atomic E-state index is 13.4. The molecule has 0 aliphatic carbocycles. The SMILES string of the molecule is CNS(=O)(=O)N1CCN(c2cnn(-c3cccc(Cl)c3)c(=O)c2OCc2ccccc2)CC1. The molecule has 0 bridgehead atoms. The first-order valence-corrected chi connectivity index (χ1v) is 12.2. The van der Waals surface area contributed by atoms with Crippen molar-refractivity contribution in [1.82, 2.24) is 18.8 Å². The number of benzene rings is 2. The first-order valence-electron chi connectivity index (χ1n) is 10.4. The first kappa shape index (κ1) is 23.2. The summed E-state index contributed by atoms with van der Waals surface area (Å²) < 4.78 is 35.2. The number of hydrogen-bond donors (Lipinski definition) is 1. The molecule has 1 aromatic heterocycles. The van der Waals surface area contributed by atoms with Crippen molar-refractivity contribution in [2.45, 2.75) is 6.61 Å². The Kier molecular flexibility index (Phi) is 6.99. The van der Waals surface area contributed by atoms with Crippen LogP contribution in [-0.2, 0) is 16.8 Å². The lowest BCUT2D eigenvalue weighted by Crippen LogP contribution is -2.51. The fourth-order valence-corrected chi connectivity index (χ4v) is 4.70. The Bertz CT molecular complexity index is 1280. The molecule has 174 valence electrons. The Balaban J connectivity index is 1.67. The lowest BCUT2D eigenvalue weighted by molar-refractivity contribution is 0.297.